The third kappa shape index (κ3) is 2.27. The van der Waals surface area contributed by atoms with Gasteiger partial charge in [0.2, 0.25) is 0 Å². The molecule has 3 heterocycles. The Morgan fingerprint density at radius 2 is 2.16 bits per heavy atom. The summed E-state index contributed by atoms with van der Waals surface area (Å²) >= 11 is 0. The number of aromatic nitrogens is 2. The van der Waals surface area contributed by atoms with Gasteiger partial charge in [0.25, 0.3) is 5.91 Å². The number of aromatic amines is 1. The van der Waals surface area contributed by atoms with E-state index < -0.39 is 0 Å². The first-order valence-corrected chi connectivity index (χ1v) is 7.23. The van der Waals surface area contributed by atoms with E-state index in [0.717, 1.165) is 24.4 Å². The van der Waals surface area contributed by atoms with Crippen molar-refractivity contribution in [3.8, 4) is 0 Å². The number of hydrogen-bond acceptors (Lipinski definition) is 3. The maximum atomic E-state index is 12.4. The van der Waals surface area contributed by atoms with Crippen LogP contribution in [0.5, 0.6) is 0 Å². The Bertz CT molecular complexity index is 462. The van der Waals surface area contributed by atoms with Crippen molar-refractivity contribution in [3.05, 3.63) is 17.0 Å². The van der Waals surface area contributed by atoms with Crippen molar-refractivity contribution in [2.45, 2.75) is 51.6 Å². The number of H-pyrrole nitrogens is 1. The summed E-state index contributed by atoms with van der Waals surface area (Å²) in [6, 6.07) is 0.853. The van der Waals surface area contributed by atoms with Gasteiger partial charge in [-0.3, -0.25) is 14.8 Å². The van der Waals surface area contributed by atoms with Gasteiger partial charge in [0.1, 0.15) is 0 Å². The first kappa shape index (κ1) is 12.7. The van der Waals surface area contributed by atoms with Gasteiger partial charge >= 0.3 is 0 Å². The molecule has 3 rings (SSSR count). The van der Waals surface area contributed by atoms with Crippen LogP contribution in [0.15, 0.2) is 0 Å². The Labute approximate surface area is 113 Å². The Morgan fingerprint density at radius 3 is 2.89 bits per heavy atom. The van der Waals surface area contributed by atoms with Crippen LogP contribution in [0.1, 0.15) is 47.4 Å². The van der Waals surface area contributed by atoms with E-state index in [1.54, 1.807) is 0 Å². The van der Waals surface area contributed by atoms with Gasteiger partial charge in [0.15, 0.2) is 0 Å². The third-order valence-corrected chi connectivity index (χ3v) is 4.53. The van der Waals surface area contributed by atoms with E-state index in [2.05, 4.69) is 20.4 Å². The molecule has 0 aromatic carbocycles. The number of nitrogens with one attached hydrogen (secondary N) is 2. The molecule has 19 heavy (non-hydrogen) atoms. The zero-order chi connectivity index (χ0) is 13.4. The van der Waals surface area contributed by atoms with Crippen molar-refractivity contribution in [2.24, 2.45) is 0 Å². The van der Waals surface area contributed by atoms with Crippen LogP contribution < -0.4 is 5.32 Å². The molecule has 0 saturated carbocycles. The van der Waals surface area contributed by atoms with Crippen molar-refractivity contribution in [2.75, 3.05) is 13.1 Å². The van der Waals surface area contributed by atoms with E-state index in [0.29, 0.717) is 17.6 Å². The number of carbonyl (C=O) groups excluding carboxylic acids is 1. The predicted octanol–water partition coefficient (Wildman–Crippen LogP) is 1.38. The molecule has 2 saturated heterocycles. The highest BCUT2D eigenvalue weighted by Gasteiger charge is 2.36. The van der Waals surface area contributed by atoms with Crippen LogP contribution in [-0.4, -0.2) is 46.2 Å². The minimum absolute atomic E-state index is 0.0289. The quantitative estimate of drug-likeness (QED) is 0.846. The molecule has 2 aliphatic rings. The molecule has 5 nitrogen and oxygen atoms in total. The lowest BCUT2D eigenvalue weighted by atomic mass is 9.98. The molecule has 2 fully saturated rings. The van der Waals surface area contributed by atoms with Crippen LogP contribution in [0.4, 0.5) is 0 Å². The fraction of sp³-hybridized carbons (Fsp3) is 0.714. The van der Waals surface area contributed by atoms with E-state index in [1.165, 1.54) is 25.8 Å². The Hall–Kier alpha value is -1.36. The van der Waals surface area contributed by atoms with Crippen molar-refractivity contribution < 1.29 is 4.79 Å². The molecule has 2 aliphatic heterocycles. The highest BCUT2D eigenvalue weighted by atomic mass is 16.1. The summed E-state index contributed by atoms with van der Waals surface area (Å²) in [5, 5.41) is 10.2. The van der Waals surface area contributed by atoms with Crippen LogP contribution in [0, 0.1) is 13.8 Å². The topological polar surface area (TPSA) is 61.0 Å². The van der Waals surface area contributed by atoms with Gasteiger partial charge in [-0.05, 0) is 39.7 Å². The first-order valence-electron chi connectivity index (χ1n) is 7.23. The normalized spacial score (nSPS) is 27.3. The molecule has 1 aromatic rings. The molecule has 2 atom stereocenters. The van der Waals surface area contributed by atoms with Crippen molar-refractivity contribution in [3.63, 3.8) is 0 Å². The summed E-state index contributed by atoms with van der Waals surface area (Å²) in [5.41, 5.74) is 2.36. The third-order valence-electron chi connectivity index (χ3n) is 4.53. The monoisotopic (exact) mass is 262 g/mol. The Balaban J connectivity index is 1.70. The van der Waals surface area contributed by atoms with E-state index in [-0.39, 0.29) is 5.91 Å². The number of aryl methyl sites for hydroxylation is 2. The summed E-state index contributed by atoms with van der Waals surface area (Å²) in [5.74, 6) is 0.0289. The van der Waals surface area contributed by atoms with E-state index in [1.807, 2.05) is 13.8 Å². The molecule has 104 valence electrons. The van der Waals surface area contributed by atoms with Crippen molar-refractivity contribution in [1.82, 2.24) is 20.4 Å². The zero-order valence-corrected chi connectivity index (χ0v) is 11.7. The summed E-state index contributed by atoms with van der Waals surface area (Å²) in [7, 11) is 0. The summed E-state index contributed by atoms with van der Waals surface area (Å²) < 4.78 is 0. The Morgan fingerprint density at radius 1 is 1.32 bits per heavy atom. The second-order valence-corrected chi connectivity index (χ2v) is 5.78. The largest absolute Gasteiger partial charge is 0.348 e. The van der Waals surface area contributed by atoms with Crippen molar-refractivity contribution >= 4 is 5.91 Å². The highest BCUT2D eigenvalue weighted by Crippen LogP contribution is 2.27. The molecule has 1 amide bonds. The molecule has 1 aromatic heterocycles. The number of carbonyl (C=O) groups is 1. The van der Waals surface area contributed by atoms with Gasteiger partial charge in [0.05, 0.1) is 11.3 Å². The van der Waals surface area contributed by atoms with Gasteiger partial charge in [-0.2, -0.15) is 5.10 Å². The lowest BCUT2D eigenvalue weighted by Gasteiger charge is -2.32. The molecular formula is C14H22N4O. The average molecular weight is 262 g/mol. The van der Waals surface area contributed by atoms with Crippen LogP contribution in [-0.2, 0) is 0 Å². The number of piperidine rings is 1. The van der Waals surface area contributed by atoms with Gasteiger partial charge in [-0.25, -0.2) is 0 Å². The van der Waals surface area contributed by atoms with Crippen molar-refractivity contribution in [1.29, 1.82) is 0 Å². The van der Waals surface area contributed by atoms with E-state index in [4.69, 9.17) is 0 Å². The van der Waals surface area contributed by atoms with E-state index >= 15 is 0 Å². The van der Waals surface area contributed by atoms with Crippen LogP contribution in [0.3, 0.4) is 0 Å². The smallest absolute Gasteiger partial charge is 0.255 e. The maximum absolute atomic E-state index is 12.4. The lowest BCUT2D eigenvalue weighted by molar-refractivity contribution is 0.0914. The minimum Gasteiger partial charge on any atom is -0.348 e. The molecule has 0 spiro atoms. The summed E-state index contributed by atoms with van der Waals surface area (Å²) in [6.45, 7) is 6.09. The number of fused-ring (bicyclic) bond motifs is 1. The van der Waals surface area contributed by atoms with E-state index in [9.17, 15) is 4.79 Å². The molecule has 5 heteroatoms. The fourth-order valence-electron chi connectivity index (χ4n) is 3.54. The average Bonchev–Trinajstić information content (AvgIpc) is 2.94. The summed E-state index contributed by atoms with van der Waals surface area (Å²) in [4.78, 5) is 14.9. The van der Waals surface area contributed by atoms with Gasteiger partial charge in [-0.1, -0.05) is 6.42 Å². The second-order valence-electron chi connectivity index (χ2n) is 5.78. The predicted molar refractivity (Wildman–Crippen MR) is 73.1 cm³/mol. The molecule has 2 unspecified atom stereocenters. The number of hydrogen-bond donors (Lipinski definition) is 2. The van der Waals surface area contributed by atoms with Crippen LogP contribution in [0.25, 0.3) is 0 Å². The van der Waals surface area contributed by atoms with Gasteiger partial charge < -0.3 is 5.32 Å². The lowest BCUT2D eigenvalue weighted by Crippen LogP contribution is -2.46. The van der Waals surface area contributed by atoms with Crippen LogP contribution in [0.2, 0.25) is 0 Å². The first-order chi connectivity index (χ1) is 9.16. The number of rotatable bonds is 2. The molecule has 0 radical (unpaired) electrons. The fourth-order valence-corrected chi connectivity index (χ4v) is 3.54. The molecular weight excluding hydrogens is 240 g/mol. The highest BCUT2D eigenvalue weighted by molar-refractivity contribution is 5.96. The standard InChI is InChI=1S/C14H22N4O/c1-9-13(10(2)17-16-9)14(19)15-11-6-8-18-7-4-3-5-12(11)18/h11-12H,3-8H2,1-2H3,(H,15,19)(H,16,17). The molecule has 2 N–H and O–H groups in total. The van der Waals surface area contributed by atoms with Crippen LogP contribution >= 0.6 is 0 Å². The van der Waals surface area contributed by atoms with Gasteiger partial charge in [-0.15, -0.1) is 0 Å². The SMILES string of the molecule is Cc1n[nH]c(C)c1C(=O)NC1CCN2CCCCC12. The van der Waals surface area contributed by atoms with Gasteiger partial charge in [0, 0.05) is 24.3 Å². The Kier molecular flexibility index (Phi) is 3.31. The zero-order valence-electron chi connectivity index (χ0n) is 11.7. The molecule has 0 bridgehead atoms. The number of nitrogens with zero attached hydrogens (tertiary/aromatic N) is 2. The number of amides is 1. The minimum atomic E-state index is 0.0289. The second kappa shape index (κ2) is 4.96. The maximum Gasteiger partial charge on any atom is 0.255 e. The molecule has 0 aliphatic carbocycles. The summed E-state index contributed by atoms with van der Waals surface area (Å²) in [6.07, 6.45) is 4.88.